The summed E-state index contributed by atoms with van der Waals surface area (Å²) in [6.07, 6.45) is 11.2. The molecule has 4 heteroatoms. The Labute approximate surface area is 126 Å². The lowest BCUT2D eigenvalue weighted by Crippen LogP contribution is -2.24. The van der Waals surface area contributed by atoms with Crippen molar-refractivity contribution in [1.29, 1.82) is 0 Å². The molecule has 2 aromatic heterocycles. The van der Waals surface area contributed by atoms with E-state index in [0.717, 1.165) is 25.6 Å². The van der Waals surface area contributed by atoms with Crippen molar-refractivity contribution in [2.24, 2.45) is 0 Å². The van der Waals surface area contributed by atoms with Crippen LogP contribution in [0, 0.1) is 0 Å². The largest absolute Gasteiger partial charge is 0.374 e. The van der Waals surface area contributed by atoms with Crippen molar-refractivity contribution in [2.45, 2.75) is 31.8 Å². The van der Waals surface area contributed by atoms with Crippen LogP contribution in [0.3, 0.4) is 0 Å². The molecule has 0 aliphatic heterocycles. The van der Waals surface area contributed by atoms with E-state index < -0.39 is 0 Å². The highest BCUT2D eigenvalue weighted by Gasteiger charge is 2.20. The minimum absolute atomic E-state index is 0.722. The Morgan fingerprint density at radius 2 is 1.90 bits per heavy atom. The van der Waals surface area contributed by atoms with Gasteiger partial charge in [-0.15, -0.1) is 0 Å². The molecule has 21 heavy (non-hydrogen) atoms. The Kier molecular flexibility index (Phi) is 4.46. The molecule has 3 rings (SSSR count). The molecule has 0 atom stereocenters. The number of nitrogens with one attached hydrogen (secondary N) is 1. The number of pyridine rings is 2. The van der Waals surface area contributed by atoms with E-state index in [1.54, 1.807) is 0 Å². The van der Waals surface area contributed by atoms with Crippen LogP contribution in [0.2, 0.25) is 0 Å². The molecule has 0 saturated heterocycles. The highest BCUT2D eigenvalue weighted by Crippen LogP contribution is 2.22. The Bertz CT molecular complexity index is 566. The van der Waals surface area contributed by atoms with Crippen molar-refractivity contribution in [1.82, 2.24) is 15.3 Å². The average molecular weight is 282 g/mol. The van der Waals surface area contributed by atoms with Gasteiger partial charge in [0.05, 0.1) is 0 Å². The van der Waals surface area contributed by atoms with Crippen LogP contribution >= 0.6 is 0 Å². The molecule has 0 amide bonds. The number of hydrogen-bond acceptors (Lipinski definition) is 4. The van der Waals surface area contributed by atoms with Crippen LogP contribution in [0.5, 0.6) is 0 Å². The maximum atomic E-state index is 4.27. The van der Waals surface area contributed by atoms with Crippen LogP contribution in [0.15, 0.2) is 43.0 Å². The topological polar surface area (TPSA) is 41.1 Å². The molecule has 1 N–H and O–H groups in total. The lowest BCUT2D eigenvalue weighted by molar-refractivity contribution is 0.683. The van der Waals surface area contributed by atoms with Gasteiger partial charge in [-0.05, 0) is 43.0 Å². The van der Waals surface area contributed by atoms with E-state index in [9.17, 15) is 0 Å². The number of nitrogens with zero attached hydrogens (tertiary/aromatic N) is 3. The van der Waals surface area contributed by atoms with Gasteiger partial charge in [0.15, 0.2) is 0 Å². The Morgan fingerprint density at radius 3 is 2.67 bits per heavy atom. The normalized spacial score (nSPS) is 14.1. The molecule has 1 fully saturated rings. The third kappa shape index (κ3) is 4.02. The fourth-order valence-electron chi connectivity index (χ4n) is 2.44. The fraction of sp³-hybridized carbons (Fsp3) is 0.412. The molecule has 1 saturated carbocycles. The quantitative estimate of drug-likeness (QED) is 0.846. The van der Waals surface area contributed by atoms with E-state index in [0.29, 0.717) is 0 Å². The van der Waals surface area contributed by atoms with Crippen molar-refractivity contribution in [2.75, 3.05) is 18.5 Å². The maximum Gasteiger partial charge on any atom is 0.0440 e. The van der Waals surface area contributed by atoms with E-state index >= 15 is 0 Å². The van der Waals surface area contributed by atoms with E-state index in [1.165, 1.54) is 29.7 Å². The SMILES string of the molecule is CN(CCc1ccncc1)c1ccncc1CNC1CC1. The zero-order chi connectivity index (χ0) is 14.5. The lowest BCUT2D eigenvalue weighted by atomic mass is 10.1. The molecular weight excluding hydrogens is 260 g/mol. The average Bonchev–Trinajstić information content (AvgIpc) is 3.36. The third-order valence-electron chi connectivity index (χ3n) is 3.93. The minimum atomic E-state index is 0.722. The van der Waals surface area contributed by atoms with Gasteiger partial charge in [-0.1, -0.05) is 0 Å². The molecule has 2 aromatic rings. The van der Waals surface area contributed by atoms with Crippen LogP contribution in [-0.4, -0.2) is 29.6 Å². The summed E-state index contributed by atoms with van der Waals surface area (Å²) in [6.45, 7) is 1.90. The smallest absolute Gasteiger partial charge is 0.0440 e. The fourth-order valence-corrected chi connectivity index (χ4v) is 2.44. The highest BCUT2D eigenvalue weighted by atomic mass is 15.1. The van der Waals surface area contributed by atoms with Crippen LogP contribution in [0.25, 0.3) is 0 Å². The summed E-state index contributed by atoms with van der Waals surface area (Å²) in [7, 11) is 2.15. The number of likely N-dealkylation sites (N-methyl/N-ethyl adjacent to an activating group) is 1. The molecule has 110 valence electrons. The Balaban J connectivity index is 1.61. The van der Waals surface area contributed by atoms with Crippen molar-refractivity contribution in [3.8, 4) is 0 Å². The first kappa shape index (κ1) is 14.0. The minimum Gasteiger partial charge on any atom is -0.374 e. The molecular formula is C17H22N4. The molecule has 0 radical (unpaired) electrons. The van der Waals surface area contributed by atoms with E-state index in [-0.39, 0.29) is 0 Å². The van der Waals surface area contributed by atoms with Crippen LogP contribution in [0.4, 0.5) is 5.69 Å². The zero-order valence-electron chi connectivity index (χ0n) is 12.5. The summed E-state index contributed by atoms with van der Waals surface area (Å²) in [6, 6.07) is 6.99. The molecule has 0 bridgehead atoms. The van der Waals surface area contributed by atoms with E-state index in [4.69, 9.17) is 0 Å². The first-order valence-electron chi connectivity index (χ1n) is 7.59. The Hall–Kier alpha value is -1.94. The second-order valence-electron chi connectivity index (χ2n) is 5.69. The monoisotopic (exact) mass is 282 g/mol. The summed E-state index contributed by atoms with van der Waals surface area (Å²) in [5, 5.41) is 3.57. The van der Waals surface area contributed by atoms with Crippen molar-refractivity contribution in [3.05, 3.63) is 54.1 Å². The summed E-state index contributed by atoms with van der Waals surface area (Å²) >= 11 is 0. The summed E-state index contributed by atoms with van der Waals surface area (Å²) in [5.74, 6) is 0. The second kappa shape index (κ2) is 6.68. The number of anilines is 1. The van der Waals surface area contributed by atoms with Gasteiger partial charge in [0.25, 0.3) is 0 Å². The first-order chi connectivity index (χ1) is 10.3. The number of rotatable bonds is 7. The standard InChI is InChI=1S/C17H22N4/c1-21(11-7-14-4-8-18-9-5-14)17-6-10-19-12-15(17)13-20-16-2-3-16/h4-6,8-10,12,16,20H,2-3,7,11,13H2,1H3. The van der Waals surface area contributed by atoms with Crippen LogP contribution < -0.4 is 10.2 Å². The zero-order valence-corrected chi connectivity index (χ0v) is 12.5. The molecule has 1 aliphatic rings. The third-order valence-corrected chi connectivity index (χ3v) is 3.93. The predicted molar refractivity (Wildman–Crippen MR) is 85.3 cm³/mol. The first-order valence-corrected chi connectivity index (χ1v) is 7.59. The molecule has 4 nitrogen and oxygen atoms in total. The van der Waals surface area contributed by atoms with Gasteiger partial charge in [-0.25, -0.2) is 0 Å². The molecule has 0 spiro atoms. The lowest BCUT2D eigenvalue weighted by Gasteiger charge is -2.22. The van der Waals surface area contributed by atoms with Gasteiger partial charge < -0.3 is 10.2 Å². The van der Waals surface area contributed by atoms with Gasteiger partial charge in [0, 0.05) is 62.2 Å². The summed E-state index contributed by atoms with van der Waals surface area (Å²) < 4.78 is 0. The van der Waals surface area contributed by atoms with Gasteiger partial charge in [-0.2, -0.15) is 0 Å². The van der Waals surface area contributed by atoms with Gasteiger partial charge >= 0.3 is 0 Å². The molecule has 2 heterocycles. The molecule has 0 aromatic carbocycles. The summed E-state index contributed by atoms with van der Waals surface area (Å²) in [4.78, 5) is 10.6. The van der Waals surface area contributed by atoms with E-state index in [1.807, 2.05) is 24.8 Å². The van der Waals surface area contributed by atoms with Crippen LogP contribution in [-0.2, 0) is 13.0 Å². The highest BCUT2D eigenvalue weighted by molar-refractivity contribution is 5.51. The number of hydrogen-bond donors (Lipinski definition) is 1. The van der Waals surface area contributed by atoms with Crippen molar-refractivity contribution >= 4 is 5.69 Å². The molecule has 1 aliphatic carbocycles. The van der Waals surface area contributed by atoms with Gasteiger partial charge in [0.2, 0.25) is 0 Å². The predicted octanol–water partition coefficient (Wildman–Crippen LogP) is 2.41. The molecule has 0 unspecified atom stereocenters. The van der Waals surface area contributed by atoms with Crippen molar-refractivity contribution in [3.63, 3.8) is 0 Å². The number of aromatic nitrogens is 2. The van der Waals surface area contributed by atoms with Gasteiger partial charge in [0.1, 0.15) is 0 Å². The van der Waals surface area contributed by atoms with Crippen molar-refractivity contribution < 1.29 is 0 Å². The summed E-state index contributed by atoms with van der Waals surface area (Å²) in [5.41, 5.74) is 3.87. The second-order valence-corrected chi connectivity index (χ2v) is 5.69. The Morgan fingerprint density at radius 1 is 1.14 bits per heavy atom. The van der Waals surface area contributed by atoms with Gasteiger partial charge in [-0.3, -0.25) is 9.97 Å². The van der Waals surface area contributed by atoms with E-state index in [2.05, 4.69) is 45.4 Å². The van der Waals surface area contributed by atoms with Crippen LogP contribution in [0.1, 0.15) is 24.0 Å². The maximum absolute atomic E-state index is 4.27.